The molecule has 0 amide bonds. The third-order valence-electron chi connectivity index (χ3n) is 2.15. The molecular weight excluding hydrogens is 214 g/mol. The predicted octanol–water partition coefficient (Wildman–Crippen LogP) is 1.39. The van der Waals surface area contributed by atoms with Crippen LogP contribution < -0.4 is 21.5 Å². The topological polar surface area (TPSA) is 65.7 Å². The lowest BCUT2D eigenvalue weighted by molar-refractivity contribution is 0.819. The minimum absolute atomic E-state index is 0.186. The predicted molar refractivity (Wildman–Crippen MR) is 74.3 cm³/mol. The molecule has 5 nitrogen and oxygen atoms in total. The van der Waals surface area contributed by atoms with Crippen LogP contribution in [0.15, 0.2) is 29.3 Å². The van der Waals surface area contributed by atoms with Crippen molar-refractivity contribution in [1.29, 1.82) is 0 Å². The summed E-state index contributed by atoms with van der Waals surface area (Å²) in [7, 11) is 4.01. The van der Waals surface area contributed by atoms with Crippen LogP contribution in [0.5, 0.6) is 0 Å². The fourth-order valence-corrected chi connectivity index (χ4v) is 1.36. The van der Waals surface area contributed by atoms with E-state index in [1.165, 1.54) is 0 Å². The summed E-state index contributed by atoms with van der Waals surface area (Å²) in [5.74, 6) is 5.98. The summed E-state index contributed by atoms with van der Waals surface area (Å²) in [6.07, 6.45) is 0. The molecule has 0 aliphatic carbocycles. The number of hydrogen-bond donors (Lipinski definition) is 3. The molecule has 0 saturated heterocycles. The molecule has 1 aromatic rings. The Kier molecular flexibility index (Phi) is 4.78. The highest BCUT2D eigenvalue weighted by atomic mass is 15.3. The molecule has 0 bridgehead atoms. The van der Waals surface area contributed by atoms with Crippen molar-refractivity contribution in [1.82, 2.24) is 5.43 Å². The van der Waals surface area contributed by atoms with E-state index in [2.05, 4.69) is 15.7 Å². The van der Waals surface area contributed by atoms with E-state index in [0.29, 0.717) is 5.96 Å². The zero-order chi connectivity index (χ0) is 12.8. The van der Waals surface area contributed by atoms with Gasteiger partial charge >= 0.3 is 0 Å². The van der Waals surface area contributed by atoms with Crippen LogP contribution in [0.4, 0.5) is 11.4 Å². The molecule has 0 unspecified atom stereocenters. The number of nitrogens with zero attached hydrogens (tertiary/aromatic N) is 2. The minimum atomic E-state index is 0.186. The fourth-order valence-electron chi connectivity index (χ4n) is 1.36. The third kappa shape index (κ3) is 4.32. The van der Waals surface area contributed by atoms with Gasteiger partial charge in [0.25, 0.3) is 0 Å². The molecule has 0 aliphatic heterocycles. The van der Waals surface area contributed by atoms with Crippen molar-refractivity contribution in [3.05, 3.63) is 24.3 Å². The van der Waals surface area contributed by atoms with Crippen LogP contribution in [-0.2, 0) is 0 Å². The molecule has 17 heavy (non-hydrogen) atoms. The number of hydrazine groups is 1. The molecule has 4 N–H and O–H groups in total. The first-order chi connectivity index (χ1) is 8.02. The van der Waals surface area contributed by atoms with E-state index < -0.39 is 0 Å². The molecule has 0 radical (unpaired) electrons. The van der Waals surface area contributed by atoms with Gasteiger partial charge < -0.3 is 10.2 Å². The quantitative estimate of drug-likeness (QED) is 0.320. The number of guanidine groups is 1. The standard InChI is InChI=1S/C12H21N5/c1-9(2)14-12(16-13)15-10-6-5-7-11(8-10)17(3)4/h5-9H,13H2,1-4H3,(H2,14,15,16). The first-order valence-corrected chi connectivity index (χ1v) is 5.61. The summed E-state index contributed by atoms with van der Waals surface area (Å²) < 4.78 is 0. The maximum atomic E-state index is 5.41. The largest absolute Gasteiger partial charge is 0.378 e. The number of aliphatic imine (C=N–C) groups is 1. The Labute approximate surface area is 103 Å². The van der Waals surface area contributed by atoms with Crippen LogP contribution in [0.3, 0.4) is 0 Å². The van der Waals surface area contributed by atoms with Crippen molar-refractivity contribution in [3.63, 3.8) is 0 Å². The van der Waals surface area contributed by atoms with Gasteiger partial charge in [0, 0.05) is 31.5 Å². The molecule has 94 valence electrons. The molecule has 5 heteroatoms. The second-order valence-electron chi connectivity index (χ2n) is 4.29. The smallest absolute Gasteiger partial charge is 0.210 e. The van der Waals surface area contributed by atoms with E-state index in [9.17, 15) is 0 Å². The summed E-state index contributed by atoms with van der Waals surface area (Å²) in [6.45, 7) is 3.99. The zero-order valence-corrected chi connectivity index (χ0v) is 10.9. The Hall–Kier alpha value is -1.75. The molecule has 0 spiro atoms. The molecule has 1 rings (SSSR count). The van der Waals surface area contributed by atoms with Gasteiger partial charge in [0.2, 0.25) is 5.96 Å². The number of benzene rings is 1. The fraction of sp³-hybridized carbons (Fsp3) is 0.417. The first-order valence-electron chi connectivity index (χ1n) is 5.61. The average molecular weight is 235 g/mol. The van der Waals surface area contributed by atoms with Crippen LogP contribution in [0.1, 0.15) is 13.8 Å². The van der Waals surface area contributed by atoms with Crippen LogP contribution in [0.25, 0.3) is 0 Å². The van der Waals surface area contributed by atoms with Crippen molar-refractivity contribution < 1.29 is 0 Å². The van der Waals surface area contributed by atoms with Gasteiger partial charge in [-0.3, -0.25) is 5.43 Å². The van der Waals surface area contributed by atoms with Crippen LogP contribution in [0, 0.1) is 0 Å². The summed E-state index contributed by atoms with van der Waals surface area (Å²) in [4.78, 5) is 6.36. The highest BCUT2D eigenvalue weighted by molar-refractivity contribution is 5.93. The highest BCUT2D eigenvalue weighted by Crippen LogP contribution is 2.17. The Morgan fingerprint density at radius 1 is 1.35 bits per heavy atom. The van der Waals surface area contributed by atoms with Gasteiger partial charge in [-0.1, -0.05) is 6.07 Å². The lowest BCUT2D eigenvalue weighted by Gasteiger charge is -2.15. The van der Waals surface area contributed by atoms with Gasteiger partial charge in [-0.05, 0) is 32.0 Å². The van der Waals surface area contributed by atoms with Crippen molar-refractivity contribution in [2.45, 2.75) is 19.9 Å². The normalized spacial score (nSPS) is 11.5. The molecule has 0 aromatic heterocycles. The van der Waals surface area contributed by atoms with Crippen LogP contribution in [0.2, 0.25) is 0 Å². The zero-order valence-electron chi connectivity index (χ0n) is 10.9. The minimum Gasteiger partial charge on any atom is -0.378 e. The average Bonchev–Trinajstić information content (AvgIpc) is 2.28. The third-order valence-corrected chi connectivity index (χ3v) is 2.15. The number of rotatable bonds is 3. The number of hydrogen-bond acceptors (Lipinski definition) is 3. The number of nitrogens with two attached hydrogens (primary N) is 1. The summed E-state index contributed by atoms with van der Waals surface area (Å²) in [5, 5.41) is 3.14. The van der Waals surface area contributed by atoms with E-state index in [1.807, 2.05) is 57.1 Å². The van der Waals surface area contributed by atoms with E-state index in [1.54, 1.807) is 0 Å². The molecule has 0 atom stereocenters. The van der Waals surface area contributed by atoms with E-state index in [4.69, 9.17) is 5.84 Å². The highest BCUT2D eigenvalue weighted by Gasteiger charge is 2.01. The summed E-state index contributed by atoms with van der Waals surface area (Å²) >= 11 is 0. The van der Waals surface area contributed by atoms with Gasteiger partial charge in [-0.25, -0.2) is 10.8 Å². The molecule has 0 fully saturated rings. The van der Waals surface area contributed by atoms with Gasteiger partial charge in [-0.2, -0.15) is 0 Å². The molecule has 0 saturated carbocycles. The maximum Gasteiger partial charge on any atom is 0.210 e. The van der Waals surface area contributed by atoms with E-state index >= 15 is 0 Å². The van der Waals surface area contributed by atoms with Crippen molar-refractivity contribution in [2.24, 2.45) is 10.8 Å². The summed E-state index contributed by atoms with van der Waals surface area (Å²) in [6, 6.07) is 8.22. The SMILES string of the molecule is CC(C)N=C(NN)Nc1cccc(N(C)C)c1. The number of anilines is 2. The van der Waals surface area contributed by atoms with Crippen molar-refractivity contribution >= 4 is 17.3 Å². The number of nitrogens with one attached hydrogen (secondary N) is 2. The lowest BCUT2D eigenvalue weighted by atomic mass is 10.2. The molecule has 1 aromatic carbocycles. The Morgan fingerprint density at radius 2 is 2.06 bits per heavy atom. The second-order valence-corrected chi connectivity index (χ2v) is 4.29. The Bertz CT molecular complexity index is 384. The van der Waals surface area contributed by atoms with Gasteiger partial charge in [-0.15, -0.1) is 0 Å². The van der Waals surface area contributed by atoms with Crippen LogP contribution in [-0.4, -0.2) is 26.1 Å². The molecule has 0 heterocycles. The van der Waals surface area contributed by atoms with Crippen molar-refractivity contribution in [3.8, 4) is 0 Å². The molecular formula is C12H21N5. The molecule has 0 aliphatic rings. The van der Waals surface area contributed by atoms with Crippen molar-refractivity contribution in [2.75, 3.05) is 24.3 Å². The van der Waals surface area contributed by atoms with E-state index in [0.717, 1.165) is 11.4 Å². The summed E-state index contributed by atoms with van der Waals surface area (Å²) in [5.41, 5.74) is 4.63. The van der Waals surface area contributed by atoms with Gasteiger partial charge in [0.05, 0.1) is 0 Å². The Morgan fingerprint density at radius 3 is 2.59 bits per heavy atom. The lowest BCUT2D eigenvalue weighted by Crippen LogP contribution is -2.37. The monoisotopic (exact) mass is 235 g/mol. The van der Waals surface area contributed by atoms with E-state index in [-0.39, 0.29) is 6.04 Å². The van der Waals surface area contributed by atoms with Gasteiger partial charge in [0.15, 0.2) is 0 Å². The van der Waals surface area contributed by atoms with Gasteiger partial charge in [0.1, 0.15) is 0 Å². The second kappa shape index (κ2) is 6.10. The maximum absolute atomic E-state index is 5.41. The Balaban J connectivity index is 2.83. The van der Waals surface area contributed by atoms with Crippen LogP contribution >= 0.6 is 0 Å². The first kappa shape index (κ1) is 13.3.